The van der Waals surface area contributed by atoms with E-state index in [2.05, 4.69) is 6.92 Å². The number of rotatable bonds is 7. The van der Waals surface area contributed by atoms with Gasteiger partial charge in [0.1, 0.15) is 0 Å². The molecule has 2 rings (SSSR count). The summed E-state index contributed by atoms with van der Waals surface area (Å²) in [5.41, 5.74) is 2.61. The van der Waals surface area contributed by atoms with E-state index in [0.717, 1.165) is 12.0 Å². The number of carbonyl (C=O) groups is 1. The lowest BCUT2D eigenvalue weighted by Crippen LogP contribution is -1.97. The van der Waals surface area contributed by atoms with Crippen LogP contribution in [-0.2, 0) is 6.42 Å². The third-order valence-corrected chi connectivity index (χ3v) is 3.80. The molecule has 2 aromatic rings. The molecule has 0 radical (unpaired) electrons. The first-order valence-corrected chi connectivity index (χ1v) is 7.74. The molecule has 0 aliphatic heterocycles. The lowest BCUT2D eigenvalue weighted by Gasteiger charge is -2.13. The molecule has 126 valence electrons. The van der Waals surface area contributed by atoms with Gasteiger partial charge in [-0.1, -0.05) is 31.2 Å². The van der Waals surface area contributed by atoms with E-state index in [9.17, 15) is 4.79 Å². The van der Waals surface area contributed by atoms with Crippen molar-refractivity contribution in [3.05, 3.63) is 59.2 Å². The molecule has 0 saturated carbocycles. The van der Waals surface area contributed by atoms with Crippen molar-refractivity contribution in [2.75, 3.05) is 21.3 Å². The zero-order valence-corrected chi connectivity index (χ0v) is 14.5. The summed E-state index contributed by atoms with van der Waals surface area (Å²) in [6.07, 6.45) is 4.20. The van der Waals surface area contributed by atoms with Gasteiger partial charge in [-0.25, -0.2) is 0 Å². The SMILES string of the molecule is CCc1ccc(C(=O)C=Cc2ccc(OC)c(OC)c2OC)cc1. The first kappa shape index (κ1) is 17.6. The van der Waals surface area contributed by atoms with Crippen molar-refractivity contribution in [3.8, 4) is 17.2 Å². The lowest BCUT2D eigenvalue weighted by atomic mass is 10.1. The van der Waals surface area contributed by atoms with E-state index in [4.69, 9.17) is 14.2 Å². The van der Waals surface area contributed by atoms with E-state index < -0.39 is 0 Å². The Morgan fingerprint density at radius 3 is 2.12 bits per heavy atom. The summed E-state index contributed by atoms with van der Waals surface area (Å²) in [6, 6.07) is 11.2. The second-order valence-electron chi connectivity index (χ2n) is 5.17. The second kappa shape index (κ2) is 8.20. The fourth-order valence-electron chi connectivity index (χ4n) is 2.42. The Hall–Kier alpha value is -2.75. The number of aryl methyl sites for hydroxylation is 1. The summed E-state index contributed by atoms with van der Waals surface area (Å²) in [7, 11) is 4.67. The Kier molecular flexibility index (Phi) is 6.01. The summed E-state index contributed by atoms with van der Waals surface area (Å²) in [6.45, 7) is 2.08. The van der Waals surface area contributed by atoms with Crippen molar-refractivity contribution < 1.29 is 19.0 Å². The van der Waals surface area contributed by atoms with Crippen LogP contribution in [0.25, 0.3) is 6.08 Å². The van der Waals surface area contributed by atoms with E-state index in [1.165, 1.54) is 11.6 Å². The fourth-order valence-corrected chi connectivity index (χ4v) is 2.42. The number of ether oxygens (including phenoxy) is 3. The summed E-state index contributed by atoms with van der Waals surface area (Å²) >= 11 is 0. The Balaban J connectivity index is 2.28. The molecular weight excluding hydrogens is 304 g/mol. The van der Waals surface area contributed by atoms with E-state index in [1.54, 1.807) is 33.5 Å². The van der Waals surface area contributed by atoms with Crippen LogP contribution in [0.1, 0.15) is 28.4 Å². The molecule has 0 saturated heterocycles. The molecule has 0 aromatic heterocycles. The molecule has 0 spiro atoms. The van der Waals surface area contributed by atoms with Gasteiger partial charge in [-0.2, -0.15) is 0 Å². The lowest BCUT2D eigenvalue weighted by molar-refractivity contribution is 0.104. The Bertz CT molecular complexity index is 730. The topological polar surface area (TPSA) is 44.8 Å². The minimum Gasteiger partial charge on any atom is -0.493 e. The molecule has 0 fully saturated rings. The van der Waals surface area contributed by atoms with Crippen molar-refractivity contribution in [2.24, 2.45) is 0 Å². The Morgan fingerprint density at radius 1 is 0.917 bits per heavy atom. The first-order valence-electron chi connectivity index (χ1n) is 7.74. The maximum absolute atomic E-state index is 12.3. The van der Waals surface area contributed by atoms with Gasteiger partial charge in [-0.05, 0) is 36.3 Å². The summed E-state index contributed by atoms with van der Waals surface area (Å²) in [5, 5.41) is 0. The maximum atomic E-state index is 12.3. The second-order valence-corrected chi connectivity index (χ2v) is 5.17. The minimum absolute atomic E-state index is 0.0607. The number of methoxy groups -OCH3 is 3. The normalized spacial score (nSPS) is 10.7. The van der Waals surface area contributed by atoms with Crippen LogP contribution in [0.2, 0.25) is 0 Å². The zero-order chi connectivity index (χ0) is 17.5. The highest BCUT2D eigenvalue weighted by Gasteiger charge is 2.14. The molecular formula is C20H22O4. The van der Waals surface area contributed by atoms with Crippen molar-refractivity contribution in [1.29, 1.82) is 0 Å². The molecule has 0 atom stereocenters. The van der Waals surface area contributed by atoms with Crippen molar-refractivity contribution in [3.63, 3.8) is 0 Å². The van der Waals surface area contributed by atoms with Gasteiger partial charge < -0.3 is 14.2 Å². The predicted octanol–water partition coefficient (Wildman–Crippen LogP) is 4.17. The van der Waals surface area contributed by atoms with Gasteiger partial charge in [0.05, 0.1) is 21.3 Å². The van der Waals surface area contributed by atoms with Crippen LogP contribution in [0, 0.1) is 0 Å². The maximum Gasteiger partial charge on any atom is 0.203 e. The minimum atomic E-state index is -0.0607. The molecule has 2 aromatic carbocycles. The van der Waals surface area contributed by atoms with Gasteiger partial charge >= 0.3 is 0 Å². The summed E-state index contributed by atoms with van der Waals surface area (Å²) in [5.74, 6) is 1.55. The van der Waals surface area contributed by atoms with E-state index in [-0.39, 0.29) is 5.78 Å². The molecule has 0 N–H and O–H groups in total. The number of hydrogen-bond donors (Lipinski definition) is 0. The molecule has 0 aliphatic rings. The van der Waals surface area contributed by atoms with E-state index in [0.29, 0.717) is 22.8 Å². The van der Waals surface area contributed by atoms with Gasteiger partial charge in [0.15, 0.2) is 17.3 Å². The van der Waals surface area contributed by atoms with Crippen LogP contribution in [0.4, 0.5) is 0 Å². The van der Waals surface area contributed by atoms with Gasteiger partial charge in [0.25, 0.3) is 0 Å². The van der Waals surface area contributed by atoms with Crippen LogP contribution in [0.15, 0.2) is 42.5 Å². The van der Waals surface area contributed by atoms with E-state index in [1.807, 2.05) is 30.3 Å². The molecule has 0 aliphatic carbocycles. The molecule has 0 bridgehead atoms. The Morgan fingerprint density at radius 2 is 1.58 bits per heavy atom. The zero-order valence-electron chi connectivity index (χ0n) is 14.5. The highest BCUT2D eigenvalue weighted by molar-refractivity contribution is 6.07. The average molecular weight is 326 g/mol. The fraction of sp³-hybridized carbons (Fsp3) is 0.250. The quantitative estimate of drug-likeness (QED) is 0.566. The number of hydrogen-bond acceptors (Lipinski definition) is 4. The van der Waals surface area contributed by atoms with Crippen LogP contribution in [-0.4, -0.2) is 27.1 Å². The number of benzene rings is 2. The highest BCUT2D eigenvalue weighted by atomic mass is 16.5. The predicted molar refractivity (Wildman–Crippen MR) is 95.3 cm³/mol. The van der Waals surface area contributed by atoms with Gasteiger partial charge in [0.2, 0.25) is 5.75 Å². The van der Waals surface area contributed by atoms with Crippen molar-refractivity contribution >= 4 is 11.9 Å². The highest BCUT2D eigenvalue weighted by Crippen LogP contribution is 2.40. The molecule has 0 unspecified atom stereocenters. The third-order valence-electron chi connectivity index (χ3n) is 3.80. The van der Waals surface area contributed by atoms with Crippen LogP contribution in [0.5, 0.6) is 17.2 Å². The Labute approximate surface area is 142 Å². The average Bonchev–Trinajstić information content (AvgIpc) is 2.64. The number of carbonyl (C=O) groups excluding carboxylic acids is 1. The van der Waals surface area contributed by atoms with E-state index >= 15 is 0 Å². The van der Waals surface area contributed by atoms with Gasteiger partial charge in [0, 0.05) is 11.1 Å². The standard InChI is InChI=1S/C20H22O4/c1-5-14-6-8-15(9-7-14)17(21)12-10-16-11-13-18(22-2)20(24-4)19(16)23-3/h6-13H,5H2,1-4H3. The molecule has 4 nitrogen and oxygen atoms in total. The van der Waals surface area contributed by atoms with Crippen LogP contribution in [0.3, 0.4) is 0 Å². The molecule has 24 heavy (non-hydrogen) atoms. The molecule has 4 heteroatoms. The number of allylic oxidation sites excluding steroid dienone is 1. The third kappa shape index (κ3) is 3.77. The first-order chi connectivity index (χ1) is 11.6. The molecule has 0 amide bonds. The van der Waals surface area contributed by atoms with Gasteiger partial charge in [-0.15, -0.1) is 0 Å². The van der Waals surface area contributed by atoms with Crippen molar-refractivity contribution in [2.45, 2.75) is 13.3 Å². The number of ketones is 1. The largest absolute Gasteiger partial charge is 0.493 e. The van der Waals surface area contributed by atoms with Gasteiger partial charge in [-0.3, -0.25) is 4.79 Å². The smallest absolute Gasteiger partial charge is 0.203 e. The van der Waals surface area contributed by atoms with Crippen LogP contribution >= 0.6 is 0 Å². The summed E-state index contributed by atoms with van der Waals surface area (Å²) in [4.78, 5) is 12.3. The monoisotopic (exact) mass is 326 g/mol. The van der Waals surface area contributed by atoms with Crippen molar-refractivity contribution in [1.82, 2.24) is 0 Å². The van der Waals surface area contributed by atoms with Crippen LogP contribution < -0.4 is 14.2 Å². The molecule has 0 heterocycles. The summed E-state index contributed by atoms with van der Waals surface area (Å²) < 4.78 is 16.0.